The maximum Gasteiger partial charge on any atom is 0.224 e. The van der Waals surface area contributed by atoms with Crippen molar-refractivity contribution in [1.82, 2.24) is 10.2 Å². The lowest BCUT2D eigenvalue weighted by Gasteiger charge is -2.22. The van der Waals surface area contributed by atoms with Gasteiger partial charge in [-0.15, -0.1) is 0 Å². The van der Waals surface area contributed by atoms with E-state index in [1.165, 1.54) is 6.92 Å². The van der Waals surface area contributed by atoms with E-state index in [9.17, 15) is 9.59 Å². The fraction of sp³-hybridized carbons (Fsp3) is 0.500. The lowest BCUT2D eigenvalue weighted by Crippen LogP contribution is -2.35. The topological polar surface area (TPSA) is 75.4 Å². The smallest absolute Gasteiger partial charge is 0.224 e. The van der Waals surface area contributed by atoms with Crippen molar-refractivity contribution in [3.8, 4) is 0 Å². The van der Waals surface area contributed by atoms with Crippen molar-refractivity contribution in [2.45, 2.75) is 25.8 Å². The van der Waals surface area contributed by atoms with E-state index in [0.29, 0.717) is 12.5 Å². The molecule has 1 saturated heterocycles. The molecule has 6 heteroatoms. The number of nitrogens with zero attached hydrogens (tertiary/aromatic N) is 1. The Kier molecular flexibility index (Phi) is 5.97. The Balaban J connectivity index is 2.05. The third-order valence-corrected chi connectivity index (χ3v) is 4.53. The quantitative estimate of drug-likeness (QED) is 0.833. The molecule has 22 heavy (non-hydrogen) atoms. The summed E-state index contributed by atoms with van der Waals surface area (Å²) in [5, 5.41) is 2.87. The summed E-state index contributed by atoms with van der Waals surface area (Å²) in [5.41, 5.74) is 6.60. The molecule has 5 nitrogen and oxygen atoms in total. The van der Waals surface area contributed by atoms with E-state index in [1.54, 1.807) is 0 Å². The second-order valence-electron chi connectivity index (χ2n) is 5.74. The summed E-state index contributed by atoms with van der Waals surface area (Å²) in [6.45, 7) is 3.57. The van der Waals surface area contributed by atoms with E-state index in [1.807, 2.05) is 29.2 Å². The molecule has 0 spiro atoms. The SMILES string of the molecule is CC(=O)N[C@H](CC(=O)N1CC[C@@H](CN)C1)c1ccc(Br)cc1. The Morgan fingerprint density at radius 3 is 2.64 bits per heavy atom. The van der Waals surface area contributed by atoms with Gasteiger partial charge in [0.1, 0.15) is 0 Å². The van der Waals surface area contributed by atoms with E-state index in [2.05, 4.69) is 21.2 Å². The number of carbonyl (C=O) groups excluding carboxylic acids is 2. The molecule has 1 aromatic rings. The number of hydrogen-bond donors (Lipinski definition) is 2. The number of rotatable bonds is 5. The first-order valence-corrected chi connectivity index (χ1v) is 8.29. The monoisotopic (exact) mass is 367 g/mol. The number of carbonyl (C=O) groups is 2. The van der Waals surface area contributed by atoms with Crippen molar-refractivity contribution < 1.29 is 9.59 Å². The number of nitrogens with two attached hydrogens (primary N) is 1. The Labute approximate surface area is 139 Å². The number of nitrogens with one attached hydrogen (secondary N) is 1. The molecule has 1 aliphatic rings. The van der Waals surface area contributed by atoms with Crippen LogP contribution in [0.15, 0.2) is 28.7 Å². The molecule has 0 saturated carbocycles. The summed E-state index contributed by atoms with van der Waals surface area (Å²) in [6, 6.07) is 7.37. The zero-order chi connectivity index (χ0) is 16.1. The van der Waals surface area contributed by atoms with E-state index in [0.717, 1.165) is 29.5 Å². The van der Waals surface area contributed by atoms with Crippen LogP contribution in [0, 0.1) is 5.92 Å². The molecule has 0 bridgehead atoms. The fourth-order valence-electron chi connectivity index (χ4n) is 2.75. The average molecular weight is 368 g/mol. The Morgan fingerprint density at radius 2 is 2.09 bits per heavy atom. The van der Waals surface area contributed by atoms with Gasteiger partial charge in [0.15, 0.2) is 0 Å². The van der Waals surface area contributed by atoms with Crippen LogP contribution in [-0.2, 0) is 9.59 Å². The van der Waals surface area contributed by atoms with E-state index < -0.39 is 0 Å². The molecular weight excluding hydrogens is 346 g/mol. The summed E-state index contributed by atoms with van der Waals surface area (Å²) >= 11 is 3.39. The number of halogens is 1. The van der Waals surface area contributed by atoms with Crippen LogP contribution in [-0.4, -0.2) is 36.3 Å². The van der Waals surface area contributed by atoms with Crippen LogP contribution < -0.4 is 11.1 Å². The molecule has 0 unspecified atom stereocenters. The molecule has 0 radical (unpaired) electrons. The second kappa shape index (κ2) is 7.74. The van der Waals surface area contributed by atoms with Crippen LogP contribution in [0.3, 0.4) is 0 Å². The van der Waals surface area contributed by atoms with Crippen molar-refractivity contribution in [1.29, 1.82) is 0 Å². The van der Waals surface area contributed by atoms with E-state index in [4.69, 9.17) is 5.73 Å². The highest BCUT2D eigenvalue weighted by Crippen LogP contribution is 2.23. The number of hydrogen-bond acceptors (Lipinski definition) is 3. The maximum absolute atomic E-state index is 12.5. The van der Waals surface area contributed by atoms with Gasteiger partial charge in [-0.2, -0.15) is 0 Å². The zero-order valence-corrected chi connectivity index (χ0v) is 14.3. The fourth-order valence-corrected chi connectivity index (χ4v) is 3.01. The summed E-state index contributed by atoms with van der Waals surface area (Å²) in [7, 11) is 0. The van der Waals surface area contributed by atoms with Crippen LogP contribution in [0.4, 0.5) is 0 Å². The van der Waals surface area contributed by atoms with Gasteiger partial charge < -0.3 is 16.0 Å². The van der Waals surface area contributed by atoms with Gasteiger partial charge >= 0.3 is 0 Å². The highest BCUT2D eigenvalue weighted by atomic mass is 79.9. The van der Waals surface area contributed by atoms with Crippen LogP contribution in [0.2, 0.25) is 0 Å². The summed E-state index contributed by atoms with van der Waals surface area (Å²) in [4.78, 5) is 25.7. The normalized spacial score (nSPS) is 19.0. The van der Waals surface area contributed by atoms with Gasteiger partial charge in [0.25, 0.3) is 0 Å². The first kappa shape index (κ1) is 17.0. The molecule has 0 aromatic heterocycles. The third-order valence-electron chi connectivity index (χ3n) is 4.00. The van der Waals surface area contributed by atoms with Crippen molar-refractivity contribution in [3.63, 3.8) is 0 Å². The van der Waals surface area contributed by atoms with Gasteiger partial charge in [0.05, 0.1) is 12.5 Å². The number of amides is 2. The number of likely N-dealkylation sites (tertiary alicyclic amines) is 1. The molecule has 0 aliphatic carbocycles. The lowest BCUT2D eigenvalue weighted by atomic mass is 10.0. The minimum Gasteiger partial charge on any atom is -0.349 e. The molecule has 2 atom stereocenters. The standard InChI is InChI=1S/C16H22BrN3O2/c1-11(21)19-15(13-2-4-14(17)5-3-13)8-16(22)20-7-6-12(9-18)10-20/h2-5,12,15H,6-10,18H2,1H3,(H,19,21)/t12-,15+/m0/s1. The maximum atomic E-state index is 12.5. The van der Waals surface area contributed by atoms with Gasteiger partial charge in [-0.3, -0.25) is 9.59 Å². The molecule has 1 aromatic carbocycles. The molecule has 120 valence electrons. The van der Waals surface area contributed by atoms with E-state index in [-0.39, 0.29) is 24.3 Å². The molecule has 3 N–H and O–H groups in total. The summed E-state index contributed by atoms with van der Waals surface area (Å²) in [5.74, 6) is 0.329. The highest BCUT2D eigenvalue weighted by molar-refractivity contribution is 9.10. The van der Waals surface area contributed by atoms with Crippen LogP contribution >= 0.6 is 15.9 Å². The van der Waals surface area contributed by atoms with Crippen molar-refractivity contribution in [2.24, 2.45) is 11.7 Å². The first-order valence-electron chi connectivity index (χ1n) is 7.50. The molecule has 2 amide bonds. The van der Waals surface area contributed by atoms with Crippen LogP contribution in [0.1, 0.15) is 31.4 Å². The number of benzene rings is 1. The van der Waals surface area contributed by atoms with Crippen LogP contribution in [0.5, 0.6) is 0 Å². The van der Waals surface area contributed by atoms with Crippen LogP contribution in [0.25, 0.3) is 0 Å². The molecular formula is C16H22BrN3O2. The van der Waals surface area contributed by atoms with Crippen molar-refractivity contribution in [3.05, 3.63) is 34.3 Å². The Morgan fingerprint density at radius 1 is 1.41 bits per heavy atom. The predicted molar refractivity (Wildman–Crippen MR) is 89.1 cm³/mol. The highest BCUT2D eigenvalue weighted by Gasteiger charge is 2.27. The van der Waals surface area contributed by atoms with Crippen molar-refractivity contribution in [2.75, 3.05) is 19.6 Å². The van der Waals surface area contributed by atoms with Crippen molar-refractivity contribution >= 4 is 27.7 Å². The Bertz CT molecular complexity index is 533. The van der Waals surface area contributed by atoms with Gasteiger partial charge in [-0.25, -0.2) is 0 Å². The minimum atomic E-state index is -0.296. The lowest BCUT2D eigenvalue weighted by molar-refractivity contribution is -0.131. The van der Waals surface area contributed by atoms with E-state index >= 15 is 0 Å². The molecule has 1 fully saturated rings. The molecule has 1 heterocycles. The summed E-state index contributed by atoms with van der Waals surface area (Å²) in [6.07, 6.45) is 1.24. The average Bonchev–Trinajstić information content (AvgIpc) is 2.96. The van der Waals surface area contributed by atoms with Gasteiger partial charge in [0.2, 0.25) is 11.8 Å². The zero-order valence-electron chi connectivity index (χ0n) is 12.7. The molecule has 2 rings (SSSR count). The molecule has 1 aliphatic heterocycles. The van der Waals surface area contributed by atoms with Gasteiger partial charge in [-0.1, -0.05) is 28.1 Å². The minimum absolute atomic E-state index is 0.0672. The second-order valence-corrected chi connectivity index (χ2v) is 6.65. The van der Waals surface area contributed by atoms with Gasteiger partial charge in [0, 0.05) is 24.5 Å². The third kappa shape index (κ3) is 4.55. The first-order chi connectivity index (χ1) is 10.5. The predicted octanol–water partition coefficient (Wildman–Crippen LogP) is 1.82. The Hall–Kier alpha value is -1.40. The summed E-state index contributed by atoms with van der Waals surface area (Å²) < 4.78 is 0.967. The largest absolute Gasteiger partial charge is 0.349 e. The van der Waals surface area contributed by atoms with Gasteiger partial charge in [-0.05, 0) is 36.6 Å².